The molecule has 4 nitrogen and oxygen atoms in total. The molecular formula is C16H12Cl2F2N4. The average Bonchev–Trinajstić information content (AvgIpc) is 2.55. The van der Waals surface area contributed by atoms with Crippen LogP contribution in [0.15, 0.2) is 24.4 Å². The first-order chi connectivity index (χ1) is 11.5. The molecule has 1 aliphatic rings. The molecule has 0 amide bonds. The minimum atomic E-state index is -0.734. The number of benzene rings is 1. The first-order valence-electron chi connectivity index (χ1n) is 7.19. The number of pyridine rings is 1. The molecule has 124 valence electrons. The number of hydrogen-bond donors (Lipinski definition) is 0. The van der Waals surface area contributed by atoms with Gasteiger partial charge in [-0.25, -0.2) is 13.8 Å². The van der Waals surface area contributed by atoms with Crippen molar-refractivity contribution < 1.29 is 8.78 Å². The Hall–Kier alpha value is -2.10. The van der Waals surface area contributed by atoms with E-state index in [0.717, 1.165) is 12.1 Å². The molecule has 3 rings (SSSR count). The highest BCUT2D eigenvalue weighted by Gasteiger charge is 2.24. The molecule has 2 aromatic rings. The van der Waals surface area contributed by atoms with Crippen LogP contribution in [0.2, 0.25) is 10.0 Å². The largest absolute Gasteiger partial charge is 0.363 e. The molecule has 0 radical (unpaired) electrons. The molecule has 0 unspecified atom stereocenters. The Bertz CT molecular complexity index is 791. The third-order valence-corrected chi connectivity index (χ3v) is 4.31. The van der Waals surface area contributed by atoms with E-state index in [0.29, 0.717) is 42.0 Å². The third-order valence-electron chi connectivity index (χ3n) is 3.83. The van der Waals surface area contributed by atoms with E-state index in [9.17, 15) is 8.78 Å². The number of piperazine rings is 1. The van der Waals surface area contributed by atoms with Gasteiger partial charge in [0, 0.05) is 32.4 Å². The molecule has 0 saturated carbocycles. The Morgan fingerprint density at radius 1 is 1.00 bits per heavy atom. The predicted molar refractivity (Wildman–Crippen MR) is 89.8 cm³/mol. The van der Waals surface area contributed by atoms with Crippen LogP contribution in [-0.2, 0) is 0 Å². The van der Waals surface area contributed by atoms with Gasteiger partial charge in [-0.1, -0.05) is 23.2 Å². The molecule has 24 heavy (non-hydrogen) atoms. The number of nitriles is 1. The average molecular weight is 369 g/mol. The molecule has 1 aromatic carbocycles. The molecule has 8 heteroatoms. The van der Waals surface area contributed by atoms with Gasteiger partial charge in [0.15, 0.2) is 11.6 Å². The van der Waals surface area contributed by atoms with Crippen LogP contribution in [0.5, 0.6) is 0 Å². The van der Waals surface area contributed by atoms with Gasteiger partial charge in [-0.3, -0.25) is 0 Å². The van der Waals surface area contributed by atoms with Crippen LogP contribution in [0.3, 0.4) is 0 Å². The molecule has 0 atom stereocenters. The van der Waals surface area contributed by atoms with Crippen LogP contribution < -0.4 is 9.80 Å². The SMILES string of the molecule is N#Cc1cc(F)c(N2CCN(c3ncc(Cl)cc3Cl)CC2)c(F)c1. The fourth-order valence-electron chi connectivity index (χ4n) is 2.71. The highest BCUT2D eigenvalue weighted by Crippen LogP contribution is 2.29. The summed E-state index contributed by atoms with van der Waals surface area (Å²) in [7, 11) is 0. The fraction of sp³-hybridized carbons (Fsp3) is 0.250. The summed E-state index contributed by atoms with van der Waals surface area (Å²) in [5, 5.41) is 9.65. The predicted octanol–water partition coefficient (Wildman–Crippen LogP) is 3.86. The van der Waals surface area contributed by atoms with E-state index >= 15 is 0 Å². The van der Waals surface area contributed by atoms with Gasteiger partial charge in [0.25, 0.3) is 0 Å². The zero-order chi connectivity index (χ0) is 17.3. The summed E-state index contributed by atoms with van der Waals surface area (Å²) in [5.41, 5.74) is -0.145. The summed E-state index contributed by atoms with van der Waals surface area (Å²) in [6, 6.07) is 5.43. The number of aromatic nitrogens is 1. The molecule has 2 heterocycles. The van der Waals surface area contributed by atoms with Gasteiger partial charge >= 0.3 is 0 Å². The standard InChI is InChI=1S/C16H12Cl2F2N4/c17-11-7-12(18)16(22-9-11)24-3-1-23(2-4-24)15-13(19)5-10(8-21)6-14(15)20/h5-7,9H,1-4H2. The zero-order valence-electron chi connectivity index (χ0n) is 12.4. The minimum absolute atomic E-state index is 0.0375. The van der Waals surface area contributed by atoms with E-state index < -0.39 is 11.6 Å². The fourth-order valence-corrected chi connectivity index (χ4v) is 3.21. The maximum Gasteiger partial charge on any atom is 0.150 e. The van der Waals surface area contributed by atoms with Gasteiger partial charge in [-0.15, -0.1) is 0 Å². The summed E-state index contributed by atoms with van der Waals surface area (Å²) in [6.07, 6.45) is 1.51. The van der Waals surface area contributed by atoms with Crippen LogP contribution in [0.1, 0.15) is 5.56 Å². The first kappa shape index (κ1) is 16.7. The summed E-state index contributed by atoms with van der Waals surface area (Å²) in [4.78, 5) is 7.77. The number of halogens is 4. The lowest BCUT2D eigenvalue weighted by Gasteiger charge is -2.37. The Balaban J connectivity index is 1.77. The molecule has 1 aliphatic heterocycles. The van der Waals surface area contributed by atoms with E-state index in [1.165, 1.54) is 6.20 Å². The summed E-state index contributed by atoms with van der Waals surface area (Å²) in [6.45, 7) is 1.82. The maximum absolute atomic E-state index is 14.1. The first-order valence-corrected chi connectivity index (χ1v) is 7.95. The smallest absolute Gasteiger partial charge is 0.150 e. The summed E-state index contributed by atoms with van der Waals surface area (Å²) < 4.78 is 28.2. The second kappa shape index (κ2) is 6.80. The van der Waals surface area contributed by atoms with Crippen LogP contribution in [0.25, 0.3) is 0 Å². The molecule has 0 spiro atoms. The highest BCUT2D eigenvalue weighted by atomic mass is 35.5. The zero-order valence-corrected chi connectivity index (χ0v) is 14.0. The van der Waals surface area contributed by atoms with Gasteiger partial charge in [0.2, 0.25) is 0 Å². The van der Waals surface area contributed by atoms with Gasteiger partial charge in [0.05, 0.1) is 21.7 Å². The van der Waals surface area contributed by atoms with Crippen molar-refractivity contribution in [3.05, 3.63) is 51.6 Å². The second-order valence-corrected chi connectivity index (χ2v) is 6.18. The Kier molecular flexibility index (Phi) is 4.74. The maximum atomic E-state index is 14.1. The van der Waals surface area contributed by atoms with Gasteiger partial charge in [-0.05, 0) is 18.2 Å². The molecule has 0 bridgehead atoms. The Morgan fingerprint density at radius 3 is 2.12 bits per heavy atom. The quantitative estimate of drug-likeness (QED) is 0.806. The molecule has 1 saturated heterocycles. The van der Waals surface area contributed by atoms with Crippen molar-refractivity contribution in [2.75, 3.05) is 36.0 Å². The van der Waals surface area contributed by atoms with E-state index in [-0.39, 0.29) is 11.3 Å². The van der Waals surface area contributed by atoms with Crippen molar-refractivity contribution >= 4 is 34.7 Å². The molecule has 1 aromatic heterocycles. The van der Waals surface area contributed by atoms with Gasteiger partial charge in [0.1, 0.15) is 11.5 Å². The van der Waals surface area contributed by atoms with Crippen molar-refractivity contribution in [2.24, 2.45) is 0 Å². The lowest BCUT2D eigenvalue weighted by molar-refractivity contribution is 0.555. The number of anilines is 2. The van der Waals surface area contributed by atoms with E-state index in [1.54, 1.807) is 17.0 Å². The van der Waals surface area contributed by atoms with Gasteiger partial charge < -0.3 is 9.80 Å². The van der Waals surface area contributed by atoms with Crippen molar-refractivity contribution in [2.45, 2.75) is 0 Å². The number of nitrogens with zero attached hydrogens (tertiary/aromatic N) is 4. The molecule has 0 N–H and O–H groups in total. The lowest BCUT2D eigenvalue weighted by atomic mass is 10.1. The molecule has 0 aliphatic carbocycles. The van der Waals surface area contributed by atoms with Crippen LogP contribution in [-0.4, -0.2) is 31.2 Å². The van der Waals surface area contributed by atoms with E-state index in [2.05, 4.69) is 4.98 Å². The highest BCUT2D eigenvalue weighted by molar-refractivity contribution is 6.36. The molecule has 1 fully saturated rings. The van der Waals surface area contributed by atoms with Crippen LogP contribution >= 0.6 is 23.2 Å². The minimum Gasteiger partial charge on any atom is -0.363 e. The lowest BCUT2D eigenvalue weighted by Crippen LogP contribution is -2.47. The number of rotatable bonds is 2. The van der Waals surface area contributed by atoms with Crippen molar-refractivity contribution in [1.82, 2.24) is 4.98 Å². The monoisotopic (exact) mass is 368 g/mol. The van der Waals surface area contributed by atoms with Crippen LogP contribution in [0, 0.1) is 23.0 Å². The molecular weight excluding hydrogens is 357 g/mol. The number of hydrogen-bond acceptors (Lipinski definition) is 4. The van der Waals surface area contributed by atoms with Crippen molar-refractivity contribution in [3.63, 3.8) is 0 Å². The van der Waals surface area contributed by atoms with E-state index in [4.69, 9.17) is 28.5 Å². The Labute approximate surface area is 147 Å². The second-order valence-electron chi connectivity index (χ2n) is 5.33. The summed E-state index contributed by atoms with van der Waals surface area (Å²) in [5.74, 6) is -0.869. The Morgan fingerprint density at radius 2 is 1.58 bits per heavy atom. The topological polar surface area (TPSA) is 43.2 Å². The third kappa shape index (κ3) is 3.23. The van der Waals surface area contributed by atoms with E-state index in [1.807, 2.05) is 4.90 Å². The van der Waals surface area contributed by atoms with Gasteiger partial charge in [-0.2, -0.15) is 5.26 Å². The normalized spacial score (nSPS) is 14.6. The summed E-state index contributed by atoms with van der Waals surface area (Å²) >= 11 is 12.0. The van der Waals surface area contributed by atoms with Crippen molar-refractivity contribution in [3.8, 4) is 6.07 Å². The van der Waals surface area contributed by atoms with Crippen LogP contribution in [0.4, 0.5) is 20.3 Å². The van der Waals surface area contributed by atoms with Crippen molar-refractivity contribution in [1.29, 1.82) is 5.26 Å².